The molecule has 4 aliphatic rings. The van der Waals surface area contributed by atoms with Crippen LogP contribution in [0.4, 0.5) is 23.2 Å². The van der Waals surface area contributed by atoms with Crippen molar-refractivity contribution < 1.29 is 31.8 Å². The standard InChI is InChI=1S/C28H38F4N3O3P/c1-25(29,30)24-33-23(34-38-24)27-14-11-26(12-15-27,13-16-27)18-35(20-5-4-6-21(17-20)39(2,3)37)22(36)19-7-9-28(31,32)10-8-19/h4-6,17,19,22,36H,7-16,18H2,1-3H3. The van der Waals surface area contributed by atoms with Crippen LogP contribution in [0.25, 0.3) is 0 Å². The number of fused-ring (bicyclic) bond motifs is 3. The van der Waals surface area contributed by atoms with Gasteiger partial charge in [0.1, 0.15) is 13.4 Å². The van der Waals surface area contributed by atoms with Crippen molar-refractivity contribution in [1.29, 1.82) is 0 Å². The molecule has 2 aromatic rings. The van der Waals surface area contributed by atoms with Crippen molar-refractivity contribution in [3.8, 4) is 0 Å². The Hall–Kier alpha value is -1.93. The Morgan fingerprint density at radius 3 is 2.26 bits per heavy atom. The maximum absolute atomic E-state index is 13.9. The van der Waals surface area contributed by atoms with E-state index in [4.69, 9.17) is 4.52 Å². The minimum atomic E-state index is -3.19. The maximum atomic E-state index is 13.9. The Bertz CT molecular complexity index is 1210. The van der Waals surface area contributed by atoms with Gasteiger partial charge in [0, 0.05) is 48.6 Å². The van der Waals surface area contributed by atoms with Gasteiger partial charge in [-0.15, -0.1) is 0 Å². The number of anilines is 1. The fourth-order valence-electron chi connectivity index (χ4n) is 6.77. The Balaban J connectivity index is 1.39. The van der Waals surface area contributed by atoms with Crippen molar-refractivity contribution in [2.24, 2.45) is 11.3 Å². The second-order valence-electron chi connectivity index (χ2n) is 12.7. The molecule has 1 heterocycles. The lowest BCUT2D eigenvalue weighted by Gasteiger charge is -2.54. The zero-order valence-corrected chi connectivity index (χ0v) is 23.7. The molecule has 0 radical (unpaired) electrons. The van der Waals surface area contributed by atoms with Crippen molar-refractivity contribution in [2.75, 3.05) is 24.8 Å². The number of benzene rings is 1. The average molecular weight is 572 g/mol. The molecule has 4 fully saturated rings. The van der Waals surface area contributed by atoms with E-state index in [1.165, 1.54) is 0 Å². The Morgan fingerprint density at radius 2 is 1.72 bits per heavy atom. The fraction of sp³-hybridized carbons (Fsp3) is 0.714. The SMILES string of the molecule is CC(F)(F)c1nc(C23CCC(CN(c4cccc(P(C)(C)=O)c4)C(O)C4CCC(F)(F)CC4)(CC2)CC3)no1. The van der Waals surface area contributed by atoms with Gasteiger partial charge in [-0.2, -0.15) is 13.8 Å². The molecular formula is C28H38F4N3O3P. The summed E-state index contributed by atoms with van der Waals surface area (Å²) in [6, 6.07) is 7.40. The number of nitrogens with zero attached hydrogens (tertiary/aromatic N) is 3. The summed E-state index contributed by atoms with van der Waals surface area (Å²) in [6.45, 7) is 4.68. The highest BCUT2D eigenvalue weighted by Crippen LogP contribution is 2.58. The van der Waals surface area contributed by atoms with E-state index >= 15 is 0 Å². The monoisotopic (exact) mass is 571 g/mol. The summed E-state index contributed by atoms with van der Waals surface area (Å²) in [5, 5.41) is 16.3. The van der Waals surface area contributed by atoms with Crippen LogP contribution in [0.15, 0.2) is 28.8 Å². The van der Waals surface area contributed by atoms with Crippen molar-refractivity contribution in [3.63, 3.8) is 0 Å². The van der Waals surface area contributed by atoms with E-state index in [0.29, 0.717) is 17.7 Å². The third-order valence-corrected chi connectivity index (χ3v) is 11.0. The molecule has 39 heavy (non-hydrogen) atoms. The van der Waals surface area contributed by atoms with E-state index in [9.17, 15) is 27.2 Å². The summed E-state index contributed by atoms with van der Waals surface area (Å²) in [7, 11) is -2.56. The van der Waals surface area contributed by atoms with E-state index in [1.807, 2.05) is 29.2 Å². The summed E-state index contributed by atoms with van der Waals surface area (Å²) in [5.74, 6) is -6.49. The molecule has 4 aliphatic carbocycles. The summed E-state index contributed by atoms with van der Waals surface area (Å²) >= 11 is 0. The van der Waals surface area contributed by atoms with E-state index < -0.39 is 36.5 Å². The van der Waals surface area contributed by atoms with E-state index in [0.717, 1.165) is 51.1 Å². The molecule has 1 unspecified atom stereocenters. The van der Waals surface area contributed by atoms with Gasteiger partial charge in [0.15, 0.2) is 5.82 Å². The molecule has 4 saturated carbocycles. The smallest absolute Gasteiger partial charge is 0.322 e. The van der Waals surface area contributed by atoms with Crippen LogP contribution in [0.5, 0.6) is 0 Å². The molecule has 0 aliphatic heterocycles. The third-order valence-electron chi connectivity index (χ3n) is 9.47. The van der Waals surface area contributed by atoms with E-state index in [2.05, 4.69) is 10.1 Å². The predicted molar refractivity (Wildman–Crippen MR) is 141 cm³/mol. The summed E-state index contributed by atoms with van der Waals surface area (Å²) in [6.07, 6.45) is 3.61. The van der Waals surface area contributed by atoms with Gasteiger partial charge in [-0.1, -0.05) is 17.3 Å². The number of hydrogen-bond donors (Lipinski definition) is 1. The molecule has 6 nitrogen and oxygen atoms in total. The van der Waals surface area contributed by atoms with E-state index in [-0.39, 0.29) is 37.0 Å². The Morgan fingerprint density at radius 1 is 1.10 bits per heavy atom. The first kappa shape index (κ1) is 28.6. The molecule has 1 atom stereocenters. The molecule has 6 rings (SSSR count). The molecule has 1 aromatic carbocycles. The normalized spacial score (nSPS) is 28.4. The number of aliphatic hydroxyl groups excluding tert-OH is 1. The molecule has 216 valence electrons. The number of rotatable bonds is 8. The predicted octanol–water partition coefficient (Wildman–Crippen LogP) is 6.67. The molecule has 2 bridgehead atoms. The van der Waals surface area contributed by atoms with Gasteiger partial charge in [0.25, 0.3) is 5.89 Å². The number of hydrogen-bond acceptors (Lipinski definition) is 6. The van der Waals surface area contributed by atoms with Crippen LogP contribution in [0, 0.1) is 11.3 Å². The van der Waals surface area contributed by atoms with Crippen LogP contribution >= 0.6 is 7.14 Å². The lowest BCUT2D eigenvalue weighted by molar-refractivity contribution is -0.0643. The van der Waals surface area contributed by atoms with Gasteiger partial charge in [-0.3, -0.25) is 0 Å². The highest BCUT2D eigenvalue weighted by molar-refractivity contribution is 7.70. The first-order valence-electron chi connectivity index (χ1n) is 13.8. The second-order valence-corrected chi connectivity index (χ2v) is 15.9. The Labute approximate surface area is 226 Å². The fourth-order valence-corrected chi connectivity index (χ4v) is 7.66. The zero-order valence-electron chi connectivity index (χ0n) is 22.8. The molecular weight excluding hydrogens is 533 g/mol. The van der Waals surface area contributed by atoms with Crippen LogP contribution in [0.2, 0.25) is 0 Å². The highest BCUT2D eigenvalue weighted by atomic mass is 31.2. The van der Waals surface area contributed by atoms with Gasteiger partial charge in [0.2, 0.25) is 5.92 Å². The van der Waals surface area contributed by atoms with Gasteiger partial charge in [-0.05, 0) is 82.2 Å². The van der Waals surface area contributed by atoms with Crippen molar-refractivity contribution in [2.45, 2.75) is 94.6 Å². The second kappa shape index (κ2) is 9.86. The molecule has 0 spiro atoms. The molecule has 0 amide bonds. The first-order valence-corrected chi connectivity index (χ1v) is 16.4. The van der Waals surface area contributed by atoms with Crippen molar-refractivity contribution in [1.82, 2.24) is 10.1 Å². The minimum Gasteiger partial charge on any atom is -0.373 e. The lowest BCUT2D eigenvalue weighted by Crippen LogP contribution is -2.53. The van der Waals surface area contributed by atoms with Gasteiger partial charge in [-0.25, -0.2) is 8.78 Å². The third kappa shape index (κ3) is 5.79. The van der Waals surface area contributed by atoms with E-state index in [1.54, 1.807) is 13.3 Å². The van der Waals surface area contributed by atoms with Crippen molar-refractivity contribution >= 4 is 18.1 Å². The van der Waals surface area contributed by atoms with Crippen LogP contribution in [0.3, 0.4) is 0 Å². The van der Waals surface area contributed by atoms with Gasteiger partial charge in [0.05, 0.1) is 0 Å². The molecule has 1 N–H and O–H groups in total. The zero-order chi connectivity index (χ0) is 28.3. The highest BCUT2D eigenvalue weighted by Gasteiger charge is 2.53. The number of alkyl halides is 4. The number of aromatic nitrogens is 2. The van der Waals surface area contributed by atoms with Crippen LogP contribution in [0.1, 0.15) is 82.8 Å². The lowest BCUT2D eigenvalue weighted by atomic mass is 9.53. The number of halogens is 4. The molecule has 11 heteroatoms. The number of aliphatic hydroxyl groups is 1. The summed E-state index contributed by atoms with van der Waals surface area (Å²) < 4.78 is 73.0. The van der Waals surface area contributed by atoms with Crippen LogP contribution in [-0.2, 0) is 15.9 Å². The average Bonchev–Trinajstić information content (AvgIpc) is 3.40. The Kier molecular flexibility index (Phi) is 7.23. The summed E-state index contributed by atoms with van der Waals surface area (Å²) in [4.78, 5) is 6.01. The minimum absolute atomic E-state index is 0.138. The maximum Gasteiger partial charge on any atom is 0.322 e. The van der Waals surface area contributed by atoms with Crippen LogP contribution < -0.4 is 10.2 Å². The topological polar surface area (TPSA) is 79.5 Å². The van der Waals surface area contributed by atoms with Crippen molar-refractivity contribution in [3.05, 3.63) is 36.0 Å². The first-order chi connectivity index (χ1) is 18.1. The van der Waals surface area contributed by atoms with Gasteiger partial charge >= 0.3 is 5.92 Å². The van der Waals surface area contributed by atoms with Gasteiger partial charge < -0.3 is 19.1 Å². The quantitative estimate of drug-likeness (QED) is 0.217. The largest absolute Gasteiger partial charge is 0.373 e. The van der Waals surface area contributed by atoms with Crippen LogP contribution in [-0.4, -0.2) is 47.3 Å². The summed E-state index contributed by atoms with van der Waals surface area (Å²) in [5.41, 5.74) is 0.205. The molecule has 1 aromatic heterocycles. The molecule has 0 saturated heterocycles.